The van der Waals surface area contributed by atoms with Crippen LogP contribution in [0.25, 0.3) is 34.2 Å². The van der Waals surface area contributed by atoms with Crippen LogP contribution < -0.4 is 9.47 Å². The minimum Gasteiger partial charge on any atom is -0.473 e. The van der Waals surface area contributed by atoms with Crippen LogP contribution in [0.15, 0.2) is 24.4 Å². The van der Waals surface area contributed by atoms with E-state index in [1.807, 2.05) is 56.1 Å². The van der Waals surface area contributed by atoms with Crippen LogP contribution in [-0.2, 0) is 13.6 Å². The van der Waals surface area contributed by atoms with Gasteiger partial charge in [-0.2, -0.15) is 10.2 Å². The lowest BCUT2D eigenvalue weighted by Crippen LogP contribution is -2.34. The van der Waals surface area contributed by atoms with E-state index < -0.39 is 0 Å². The summed E-state index contributed by atoms with van der Waals surface area (Å²) in [6, 6.07) is 6.13. The summed E-state index contributed by atoms with van der Waals surface area (Å²) in [7, 11) is 3.97. The van der Waals surface area contributed by atoms with Gasteiger partial charge >= 0.3 is 0 Å². The lowest BCUT2D eigenvalue weighted by atomic mass is 10.0. The third-order valence-electron chi connectivity index (χ3n) is 6.77. The Hall–Kier alpha value is -3.63. The van der Waals surface area contributed by atoms with Gasteiger partial charge in [-0.05, 0) is 64.6 Å². The number of likely N-dealkylation sites (N-methyl/N-ethyl adjacent to an activating group) is 1. The number of H-pyrrole nitrogens is 1. The van der Waals surface area contributed by atoms with Crippen molar-refractivity contribution in [1.82, 2.24) is 34.7 Å². The number of hydrogen-bond donors (Lipinski definition) is 2. The molecule has 0 radical (unpaired) electrons. The van der Waals surface area contributed by atoms with Crippen molar-refractivity contribution in [3.05, 3.63) is 41.3 Å². The Morgan fingerprint density at radius 2 is 2.03 bits per heavy atom. The molecule has 0 amide bonds. The Balaban J connectivity index is 1.72. The van der Waals surface area contributed by atoms with Crippen LogP contribution in [0.4, 0.5) is 0 Å². The largest absolute Gasteiger partial charge is 0.473 e. The minimum absolute atomic E-state index is 0.0217. The van der Waals surface area contributed by atoms with E-state index >= 15 is 0 Å². The molecule has 0 spiro atoms. The van der Waals surface area contributed by atoms with Gasteiger partial charge in [0.05, 0.1) is 53.5 Å². The first kappa shape index (κ1) is 25.0. The van der Waals surface area contributed by atoms with Crippen LogP contribution in [0.1, 0.15) is 50.7 Å². The fraction of sp³-hybridized carbons (Fsp3) is 0.444. The highest BCUT2D eigenvalue weighted by Gasteiger charge is 2.27. The molecule has 0 saturated heterocycles. The predicted octanol–water partition coefficient (Wildman–Crippen LogP) is 3.88. The van der Waals surface area contributed by atoms with Crippen molar-refractivity contribution in [3.63, 3.8) is 0 Å². The molecule has 3 aromatic heterocycles. The summed E-state index contributed by atoms with van der Waals surface area (Å²) in [6.45, 7) is 9.19. The number of aliphatic hydroxyl groups excluding tert-OH is 1. The maximum Gasteiger partial charge on any atom is 0.240 e. The number of aromatic amines is 1. The predicted molar refractivity (Wildman–Crippen MR) is 143 cm³/mol. The molecule has 0 fully saturated rings. The summed E-state index contributed by atoms with van der Waals surface area (Å²) < 4.78 is 16.2. The summed E-state index contributed by atoms with van der Waals surface area (Å²) in [6.07, 6.45) is 5.74. The number of benzene rings is 1. The van der Waals surface area contributed by atoms with Gasteiger partial charge in [-0.25, -0.2) is 4.68 Å². The molecule has 2 atom stereocenters. The van der Waals surface area contributed by atoms with E-state index in [0.29, 0.717) is 19.0 Å². The number of aromatic nitrogens is 6. The molecule has 10 heteroatoms. The lowest BCUT2D eigenvalue weighted by Gasteiger charge is -2.29. The van der Waals surface area contributed by atoms with Gasteiger partial charge in [-0.15, -0.1) is 5.10 Å². The SMILES string of the molecule is CC(C)Oc1nn(CCO)c2c1/C=C/c1[nH]nc3ccc(cc13)-c1cnn(C)c1O[C@@H](C)CN(C)[C@@H]2C. The number of aliphatic hydroxyl groups is 1. The smallest absolute Gasteiger partial charge is 0.240 e. The highest BCUT2D eigenvalue weighted by atomic mass is 16.5. The Morgan fingerprint density at radius 3 is 2.78 bits per heavy atom. The van der Waals surface area contributed by atoms with E-state index in [0.717, 1.165) is 44.9 Å². The summed E-state index contributed by atoms with van der Waals surface area (Å²) in [4.78, 5) is 2.23. The first-order valence-corrected chi connectivity index (χ1v) is 12.7. The molecule has 5 rings (SSSR count). The molecular weight excluding hydrogens is 470 g/mol. The second-order valence-corrected chi connectivity index (χ2v) is 9.95. The Labute approximate surface area is 216 Å². The zero-order valence-corrected chi connectivity index (χ0v) is 22.3. The molecule has 10 nitrogen and oxygen atoms in total. The van der Waals surface area contributed by atoms with Crippen molar-refractivity contribution in [3.8, 4) is 22.9 Å². The molecular formula is C27H35N7O3. The molecule has 4 aromatic rings. The van der Waals surface area contributed by atoms with Gasteiger partial charge in [-0.1, -0.05) is 6.07 Å². The topological polar surface area (TPSA) is 106 Å². The first-order chi connectivity index (χ1) is 17.8. The normalized spacial score (nSPS) is 19.4. The zero-order chi connectivity index (χ0) is 26.3. The van der Waals surface area contributed by atoms with Crippen molar-refractivity contribution >= 4 is 23.1 Å². The molecule has 2 bridgehead atoms. The maximum atomic E-state index is 9.79. The Bertz CT molecular complexity index is 1430. The Kier molecular flexibility index (Phi) is 6.78. The molecule has 4 heterocycles. The van der Waals surface area contributed by atoms with Crippen molar-refractivity contribution < 1.29 is 14.6 Å². The average Bonchev–Trinajstić information content (AvgIpc) is 3.52. The van der Waals surface area contributed by atoms with E-state index in [2.05, 4.69) is 47.2 Å². The third-order valence-corrected chi connectivity index (χ3v) is 6.77. The average molecular weight is 506 g/mol. The number of ether oxygens (including phenoxy) is 2. The second kappa shape index (κ2) is 10.0. The quantitative estimate of drug-likeness (QED) is 0.433. The summed E-state index contributed by atoms with van der Waals surface area (Å²) in [5.41, 5.74) is 5.55. The standard InChI is InChI=1S/C27H35N7O3/c1-16(2)36-26-20-8-10-24-21-13-19(7-9-23(21)29-30-24)22-14-28-33(6)27(22)37-17(3)15-32(5)18(4)25(20)34(31-26)11-12-35/h7-10,13-14,16-18,35H,11-12,15H2,1-6H3,(H,29,30)/b10-8+/t17-,18+/m0/s1. The van der Waals surface area contributed by atoms with Crippen LogP contribution in [0, 0.1) is 0 Å². The van der Waals surface area contributed by atoms with Crippen molar-refractivity contribution in [2.24, 2.45) is 7.05 Å². The van der Waals surface area contributed by atoms with Gasteiger partial charge in [0.2, 0.25) is 11.8 Å². The summed E-state index contributed by atoms with van der Waals surface area (Å²) in [5.74, 6) is 1.27. The fourth-order valence-corrected chi connectivity index (χ4v) is 4.89. The molecule has 196 valence electrons. The van der Waals surface area contributed by atoms with Crippen molar-refractivity contribution in [2.75, 3.05) is 20.2 Å². The van der Waals surface area contributed by atoms with Gasteiger partial charge in [-0.3, -0.25) is 14.7 Å². The summed E-state index contributed by atoms with van der Waals surface area (Å²) in [5, 5.41) is 27.7. The number of nitrogens with one attached hydrogen (secondary N) is 1. The molecule has 0 saturated carbocycles. The number of hydrogen-bond acceptors (Lipinski definition) is 7. The van der Waals surface area contributed by atoms with E-state index in [9.17, 15) is 5.11 Å². The third kappa shape index (κ3) is 4.74. The minimum atomic E-state index is -0.112. The molecule has 1 aliphatic heterocycles. The van der Waals surface area contributed by atoms with Crippen LogP contribution in [0.3, 0.4) is 0 Å². The van der Waals surface area contributed by atoms with E-state index in [1.54, 1.807) is 4.68 Å². The highest BCUT2D eigenvalue weighted by molar-refractivity contribution is 5.93. The molecule has 0 unspecified atom stereocenters. The molecule has 0 aliphatic carbocycles. The highest BCUT2D eigenvalue weighted by Crippen LogP contribution is 2.36. The Morgan fingerprint density at radius 1 is 1.22 bits per heavy atom. The fourth-order valence-electron chi connectivity index (χ4n) is 4.89. The van der Waals surface area contributed by atoms with Gasteiger partial charge in [0.1, 0.15) is 6.10 Å². The second-order valence-electron chi connectivity index (χ2n) is 9.95. The van der Waals surface area contributed by atoms with E-state index in [4.69, 9.17) is 14.6 Å². The molecule has 37 heavy (non-hydrogen) atoms. The molecule has 1 aromatic carbocycles. The van der Waals surface area contributed by atoms with Crippen LogP contribution in [0.5, 0.6) is 11.8 Å². The number of aryl methyl sites for hydroxylation is 1. The summed E-state index contributed by atoms with van der Waals surface area (Å²) >= 11 is 0. The molecule has 1 aliphatic rings. The van der Waals surface area contributed by atoms with Crippen LogP contribution >= 0.6 is 0 Å². The number of nitrogens with zero attached hydrogens (tertiary/aromatic N) is 6. The number of fused-ring (bicyclic) bond motifs is 4. The van der Waals surface area contributed by atoms with Crippen LogP contribution in [-0.4, -0.2) is 72.2 Å². The van der Waals surface area contributed by atoms with Gasteiger partial charge < -0.3 is 14.6 Å². The van der Waals surface area contributed by atoms with Crippen molar-refractivity contribution in [2.45, 2.75) is 52.5 Å². The zero-order valence-electron chi connectivity index (χ0n) is 22.3. The van der Waals surface area contributed by atoms with E-state index in [-0.39, 0.29) is 24.9 Å². The number of rotatable bonds is 4. The monoisotopic (exact) mass is 505 g/mol. The van der Waals surface area contributed by atoms with Gasteiger partial charge in [0, 0.05) is 25.0 Å². The van der Waals surface area contributed by atoms with Crippen LogP contribution in [0.2, 0.25) is 0 Å². The first-order valence-electron chi connectivity index (χ1n) is 12.7. The van der Waals surface area contributed by atoms with Crippen molar-refractivity contribution in [1.29, 1.82) is 0 Å². The maximum absolute atomic E-state index is 9.79. The lowest BCUT2D eigenvalue weighted by molar-refractivity contribution is 0.128. The molecule has 2 N–H and O–H groups in total. The van der Waals surface area contributed by atoms with Gasteiger partial charge in [0.25, 0.3) is 0 Å². The van der Waals surface area contributed by atoms with Gasteiger partial charge in [0.15, 0.2) is 0 Å². The van der Waals surface area contributed by atoms with E-state index in [1.165, 1.54) is 0 Å².